The number of fused-ring (bicyclic) bond motifs is 2. The summed E-state index contributed by atoms with van der Waals surface area (Å²) in [5.74, 6) is 2.02. The van der Waals surface area contributed by atoms with E-state index >= 15 is 0 Å². The second-order valence-corrected chi connectivity index (χ2v) is 4.59. The van der Waals surface area contributed by atoms with Crippen LogP contribution in [0.2, 0.25) is 0 Å². The van der Waals surface area contributed by atoms with E-state index in [0.717, 1.165) is 16.7 Å². The Morgan fingerprint density at radius 1 is 1.24 bits per heavy atom. The van der Waals surface area contributed by atoms with Gasteiger partial charge in [-0.3, -0.25) is 4.98 Å². The van der Waals surface area contributed by atoms with Crippen LogP contribution in [0.25, 0.3) is 22.6 Å². The first-order valence-corrected chi connectivity index (χ1v) is 6.45. The van der Waals surface area contributed by atoms with E-state index in [2.05, 4.69) is 16.0 Å². The molecule has 102 valence electrons. The standard InChI is InChI=1S/C15H10N4O2/c16-4-6-19-12-8-14-13(20-9-21-14)7-11(12)18-15(19)10-3-1-2-5-17-10/h1-3,5,7-8H,6,9H2. The molecule has 3 heterocycles. The summed E-state index contributed by atoms with van der Waals surface area (Å²) >= 11 is 0. The van der Waals surface area contributed by atoms with E-state index < -0.39 is 0 Å². The number of ether oxygens (including phenoxy) is 2. The predicted octanol–water partition coefficient (Wildman–Crippen LogP) is 2.35. The molecule has 2 aromatic heterocycles. The number of benzene rings is 1. The Kier molecular flexibility index (Phi) is 2.51. The summed E-state index contributed by atoms with van der Waals surface area (Å²) in [6, 6.07) is 11.5. The Hall–Kier alpha value is -3.07. The highest BCUT2D eigenvalue weighted by Gasteiger charge is 2.20. The lowest BCUT2D eigenvalue weighted by Crippen LogP contribution is -1.99. The van der Waals surface area contributed by atoms with Crippen LogP contribution in [0.4, 0.5) is 0 Å². The van der Waals surface area contributed by atoms with Crippen LogP contribution in [0.15, 0.2) is 36.5 Å². The second-order valence-electron chi connectivity index (χ2n) is 4.59. The SMILES string of the molecule is N#CCn1c(-c2ccccn2)nc2cc3c(cc21)OCO3. The normalized spacial score (nSPS) is 12.5. The van der Waals surface area contributed by atoms with E-state index in [0.29, 0.717) is 17.3 Å². The maximum atomic E-state index is 9.09. The zero-order valence-electron chi connectivity index (χ0n) is 11.0. The van der Waals surface area contributed by atoms with Crippen molar-refractivity contribution in [3.8, 4) is 29.1 Å². The average Bonchev–Trinajstić information content (AvgIpc) is 3.11. The smallest absolute Gasteiger partial charge is 0.231 e. The lowest BCUT2D eigenvalue weighted by Gasteiger charge is -2.04. The topological polar surface area (TPSA) is 73.0 Å². The van der Waals surface area contributed by atoms with Crippen LogP contribution >= 0.6 is 0 Å². The van der Waals surface area contributed by atoms with E-state index in [9.17, 15) is 0 Å². The molecule has 6 heteroatoms. The molecule has 0 saturated heterocycles. The largest absolute Gasteiger partial charge is 0.454 e. The van der Waals surface area contributed by atoms with Crippen molar-refractivity contribution in [1.82, 2.24) is 14.5 Å². The van der Waals surface area contributed by atoms with Crippen LogP contribution in [-0.4, -0.2) is 21.3 Å². The maximum absolute atomic E-state index is 9.09. The summed E-state index contributed by atoms with van der Waals surface area (Å²) < 4.78 is 12.6. The van der Waals surface area contributed by atoms with Crippen molar-refractivity contribution in [3.63, 3.8) is 0 Å². The molecule has 3 aromatic rings. The van der Waals surface area contributed by atoms with Crippen LogP contribution in [0, 0.1) is 11.3 Å². The summed E-state index contributed by atoms with van der Waals surface area (Å²) in [5, 5.41) is 9.09. The summed E-state index contributed by atoms with van der Waals surface area (Å²) in [5.41, 5.74) is 2.32. The van der Waals surface area contributed by atoms with Crippen molar-refractivity contribution in [2.75, 3.05) is 6.79 Å². The number of hydrogen-bond donors (Lipinski definition) is 0. The molecule has 4 rings (SSSR count). The fourth-order valence-electron chi connectivity index (χ4n) is 2.44. The van der Waals surface area contributed by atoms with Crippen molar-refractivity contribution in [3.05, 3.63) is 36.5 Å². The molecular weight excluding hydrogens is 268 g/mol. The van der Waals surface area contributed by atoms with Gasteiger partial charge >= 0.3 is 0 Å². The minimum Gasteiger partial charge on any atom is -0.454 e. The number of nitrogens with zero attached hydrogens (tertiary/aromatic N) is 4. The van der Waals surface area contributed by atoms with Gasteiger partial charge in [0.2, 0.25) is 6.79 Å². The van der Waals surface area contributed by atoms with Gasteiger partial charge in [0.15, 0.2) is 17.3 Å². The molecule has 0 saturated carbocycles. The van der Waals surface area contributed by atoms with Gasteiger partial charge in [-0.15, -0.1) is 0 Å². The Balaban J connectivity index is 1.99. The molecule has 0 aliphatic carbocycles. The Morgan fingerprint density at radius 3 is 2.86 bits per heavy atom. The van der Waals surface area contributed by atoms with Gasteiger partial charge in [0.05, 0.1) is 17.1 Å². The Bertz CT molecular complexity index is 865. The van der Waals surface area contributed by atoms with Gasteiger partial charge in [0, 0.05) is 18.3 Å². The van der Waals surface area contributed by atoms with Crippen molar-refractivity contribution >= 4 is 11.0 Å². The molecule has 1 aliphatic heterocycles. The predicted molar refractivity (Wildman–Crippen MR) is 74.7 cm³/mol. The molecule has 1 aliphatic rings. The van der Waals surface area contributed by atoms with Crippen LogP contribution in [0.3, 0.4) is 0 Å². The number of pyridine rings is 1. The molecular formula is C15H10N4O2. The molecule has 0 radical (unpaired) electrons. The molecule has 6 nitrogen and oxygen atoms in total. The number of imidazole rings is 1. The second kappa shape index (κ2) is 4.49. The first-order chi connectivity index (χ1) is 10.4. The third kappa shape index (κ3) is 1.79. The molecule has 21 heavy (non-hydrogen) atoms. The molecule has 0 amide bonds. The fourth-order valence-corrected chi connectivity index (χ4v) is 2.44. The Morgan fingerprint density at radius 2 is 2.10 bits per heavy atom. The highest BCUT2D eigenvalue weighted by Crippen LogP contribution is 2.37. The first kappa shape index (κ1) is 11.7. The third-order valence-electron chi connectivity index (χ3n) is 3.37. The minimum atomic E-state index is 0.196. The quantitative estimate of drug-likeness (QED) is 0.719. The molecule has 0 unspecified atom stereocenters. The Labute approximate surface area is 120 Å². The highest BCUT2D eigenvalue weighted by molar-refractivity contribution is 5.84. The van der Waals surface area contributed by atoms with E-state index in [1.165, 1.54) is 0 Å². The molecule has 1 aromatic carbocycles. The van der Waals surface area contributed by atoms with Gasteiger partial charge in [-0.2, -0.15) is 5.26 Å². The number of aromatic nitrogens is 3. The van der Waals surface area contributed by atoms with Crippen molar-refractivity contribution in [1.29, 1.82) is 5.26 Å². The maximum Gasteiger partial charge on any atom is 0.231 e. The van der Waals surface area contributed by atoms with Gasteiger partial charge in [0.25, 0.3) is 0 Å². The van der Waals surface area contributed by atoms with Crippen LogP contribution in [0.1, 0.15) is 0 Å². The van der Waals surface area contributed by atoms with Gasteiger partial charge < -0.3 is 14.0 Å². The van der Waals surface area contributed by atoms with Crippen molar-refractivity contribution in [2.45, 2.75) is 6.54 Å². The third-order valence-corrected chi connectivity index (χ3v) is 3.37. The monoisotopic (exact) mass is 278 g/mol. The lowest BCUT2D eigenvalue weighted by atomic mass is 10.2. The zero-order chi connectivity index (χ0) is 14.2. The molecule has 0 bridgehead atoms. The lowest BCUT2D eigenvalue weighted by molar-refractivity contribution is 0.174. The van der Waals surface area contributed by atoms with Gasteiger partial charge in [0.1, 0.15) is 12.2 Å². The van der Waals surface area contributed by atoms with E-state index in [4.69, 9.17) is 14.7 Å². The van der Waals surface area contributed by atoms with Crippen molar-refractivity contribution < 1.29 is 9.47 Å². The van der Waals surface area contributed by atoms with Crippen LogP contribution in [-0.2, 0) is 6.54 Å². The summed E-state index contributed by atoms with van der Waals surface area (Å²) in [4.78, 5) is 8.90. The summed E-state index contributed by atoms with van der Waals surface area (Å²) in [6.07, 6.45) is 1.71. The van der Waals surface area contributed by atoms with Gasteiger partial charge in [-0.25, -0.2) is 4.98 Å². The van der Waals surface area contributed by atoms with Crippen molar-refractivity contribution in [2.24, 2.45) is 0 Å². The molecule has 0 fully saturated rings. The molecule has 0 N–H and O–H groups in total. The van der Waals surface area contributed by atoms with Crippen LogP contribution in [0.5, 0.6) is 11.5 Å². The summed E-state index contributed by atoms with van der Waals surface area (Å²) in [7, 11) is 0. The average molecular weight is 278 g/mol. The number of nitriles is 1. The van der Waals surface area contributed by atoms with Gasteiger partial charge in [-0.05, 0) is 12.1 Å². The molecule has 0 atom stereocenters. The minimum absolute atomic E-state index is 0.196. The first-order valence-electron chi connectivity index (χ1n) is 6.45. The summed E-state index contributed by atoms with van der Waals surface area (Å²) in [6.45, 7) is 0.412. The molecule has 0 spiro atoms. The van der Waals surface area contributed by atoms with E-state index in [-0.39, 0.29) is 13.3 Å². The fraction of sp³-hybridized carbons (Fsp3) is 0.133. The van der Waals surface area contributed by atoms with E-state index in [1.807, 2.05) is 34.9 Å². The van der Waals surface area contributed by atoms with Gasteiger partial charge in [-0.1, -0.05) is 6.07 Å². The zero-order valence-corrected chi connectivity index (χ0v) is 11.0. The van der Waals surface area contributed by atoms with Crippen LogP contribution < -0.4 is 9.47 Å². The van der Waals surface area contributed by atoms with E-state index in [1.54, 1.807) is 6.20 Å². The highest BCUT2D eigenvalue weighted by atomic mass is 16.7. The number of hydrogen-bond acceptors (Lipinski definition) is 5. The number of rotatable bonds is 2.